The highest BCUT2D eigenvalue weighted by atomic mass is 16.6. The third-order valence-corrected chi connectivity index (χ3v) is 1.47. The normalized spacial score (nSPS) is 11.1. The molecule has 14 heavy (non-hydrogen) atoms. The Morgan fingerprint density at radius 1 is 1.21 bits per heavy atom. The molecular formula is C10H13NO3. The zero-order valence-corrected chi connectivity index (χ0v) is 8.48. The van der Waals surface area contributed by atoms with Crippen LogP contribution in [0.3, 0.4) is 0 Å². The van der Waals surface area contributed by atoms with Gasteiger partial charge in [-0.1, -0.05) is 0 Å². The fourth-order valence-corrected chi connectivity index (χ4v) is 0.989. The van der Waals surface area contributed by atoms with Crippen LogP contribution in [0.15, 0.2) is 24.3 Å². The highest BCUT2D eigenvalue weighted by molar-refractivity contribution is 5.36. The van der Waals surface area contributed by atoms with Crippen LogP contribution in [0.1, 0.15) is 20.8 Å². The van der Waals surface area contributed by atoms with Crippen LogP contribution in [-0.2, 0) is 0 Å². The minimum Gasteiger partial charge on any atom is -0.488 e. The van der Waals surface area contributed by atoms with Crippen molar-refractivity contribution in [3.63, 3.8) is 0 Å². The predicted molar refractivity (Wildman–Crippen MR) is 53.5 cm³/mol. The average molecular weight is 195 g/mol. The van der Waals surface area contributed by atoms with Gasteiger partial charge in [-0.3, -0.25) is 10.1 Å². The van der Waals surface area contributed by atoms with Crippen LogP contribution >= 0.6 is 0 Å². The number of benzene rings is 1. The Balaban J connectivity index is 2.79. The van der Waals surface area contributed by atoms with Gasteiger partial charge in [0.2, 0.25) is 0 Å². The van der Waals surface area contributed by atoms with Crippen LogP contribution in [0.5, 0.6) is 5.75 Å². The lowest BCUT2D eigenvalue weighted by Gasteiger charge is -2.20. The summed E-state index contributed by atoms with van der Waals surface area (Å²) in [4.78, 5) is 9.93. The lowest BCUT2D eigenvalue weighted by atomic mass is 10.2. The molecule has 0 spiro atoms. The molecule has 0 amide bonds. The van der Waals surface area contributed by atoms with Gasteiger partial charge in [-0.2, -0.15) is 0 Å². The molecule has 1 aromatic carbocycles. The maximum atomic E-state index is 10.4. The van der Waals surface area contributed by atoms with Gasteiger partial charge < -0.3 is 4.74 Å². The number of hydrogen-bond donors (Lipinski definition) is 0. The first kappa shape index (κ1) is 10.5. The molecule has 0 fully saturated rings. The maximum absolute atomic E-state index is 10.4. The van der Waals surface area contributed by atoms with Crippen LogP contribution in [0, 0.1) is 10.1 Å². The topological polar surface area (TPSA) is 52.4 Å². The standard InChI is InChI=1S/C10H13NO3/c1-10(2,3)14-9-6-4-8(5-7-9)11(12)13/h4-7H,1-3H3. The van der Waals surface area contributed by atoms with Gasteiger partial charge in [0.25, 0.3) is 5.69 Å². The number of nitro groups is 1. The van der Waals surface area contributed by atoms with Gasteiger partial charge in [0.15, 0.2) is 0 Å². The summed E-state index contributed by atoms with van der Waals surface area (Å²) in [6.45, 7) is 5.78. The molecule has 0 atom stereocenters. The number of rotatable bonds is 2. The molecule has 0 N–H and O–H groups in total. The largest absolute Gasteiger partial charge is 0.488 e. The number of hydrogen-bond acceptors (Lipinski definition) is 3. The van der Waals surface area contributed by atoms with E-state index in [0.717, 1.165) is 0 Å². The third-order valence-electron chi connectivity index (χ3n) is 1.47. The average Bonchev–Trinajstić information content (AvgIpc) is 2.02. The monoisotopic (exact) mass is 195 g/mol. The molecule has 4 nitrogen and oxygen atoms in total. The Bertz CT molecular complexity index is 324. The van der Waals surface area contributed by atoms with Gasteiger partial charge >= 0.3 is 0 Å². The van der Waals surface area contributed by atoms with E-state index in [2.05, 4.69) is 0 Å². The molecule has 0 saturated heterocycles. The van der Waals surface area contributed by atoms with E-state index in [1.165, 1.54) is 12.1 Å². The Hall–Kier alpha value is -1.58. The molecule has 1 aromatic rings. The van der Waals surface area contributed by atoms with Crippen LogP contribution in [0.25, 0.3) is 0 Å². The Morgan fingerprint density at radius 3 is 2.07 bits per heavy atom. The van der Waals surface area contributed by atoms with Gasteiger partial charge in [0.1, 0.15) is 11.4 Å². The van der Waals surface area contributed by atoms with Crippen molar-refractivity contribution in [3.05, 3.63) is 34.4 Å². The Kier molecular flexibility index (Phi) is 2.74. The number of nitro benzene ring substituents is 1. The van der Waals surface area contributed by atoms with E-state index in [-0.39, 0.29) is 11.3 Å². The van der Waals surface area contributed by atoms with E-state index in [4.69, 9.17) is 4.74 Å². The van der Waals surface area contributed by atoms with Crippen molar-refractivity contribution < 1.29 is 9.66 Å². The number of nitrogens with zero attached hydrogens (tertiary/aromatic N) is 1. The summed E-state index contributed by atoms with van der Waals surface area (Å²) in [7, 11) is 0. The van der Waals surface area contributed by atoms with E-state index < -0.39 is 4.92 Å². The van der Waals surface area contributed by atoms with E-state index in [9.17, 15) is 10.1 Å². The smallest absolute Gasteiger partial charge is 0.269 e. The number of non-ortho nitro benzene ring substituents is 1. The molecule has 0 bridgehead atoms. The Labute approximate surface area is 82.7 Å². The third kappa shape index (κ3) is 3.05. The molecule has 0 aliphatic rings. The van der Waals surface area contributed by atoms with Crippen molar-refractivity contribution in [2.24, 2.45) is 0 Å². The lowest BCUT2D eigenvalue weighted by molar-refractivity contribution is -0.384. The summed E-state index contributed by atoms with van der Waals surface area (Å²) in [5.41, 5.74) is -0.206. The second-order valence-corrected chi connectivity index (χ2v) is 3.97. The maximum Gasteiger partial charge on any atom is 0.269 e. The molecule has 0 aromatic heterocycles. The molecule has 0 aliphatic carbocycles. The van der Waals surface area contributed by atoms with E-state index >= 15 is 0 Å². The fraction of sp³-hybridized carbons (Fsp3) is 0.400. The van der Waals surface area contributed by atoms with Gasteiger partial charge in [0, 0.05) is 12.1 Å². The van der Waals surface area contributed by atoms with Crippen molar-refractivity contribution >= 4 is 5.69 Å². The lowest BCUT2D eigenvalue weighted by Crippen LogP contribution is -2.22. The molecule has 0 aliphatic heterocycles. The summed E-state index contributed by atoms with van der Waals surface area (Å²) in [5.74, 6) is 0.642. The SMILES string of the molecule is CC(C)(C)Oc1ccc([N+](=O)[O-])cc1. The second-order valence-electron chi connectivity index (χ2n) is 3.97. The van der Waals surface area contributed by atoms with Crippen LogP contribution < -0.4 is 4.74 Å². The minimum atomic E-state index is -0.430. The zero-order valence-electron chi connectivity index (χ0n) is 8.48. The van der Waals surface area contributed by atoms with Gasteiger partial charge in [-0.25, -0.2) is 0 Å². The molecule has 0 saturated carbocycles. The molecule has 1 rings (SSSR count). The molecule has 0 heterocycles. The first-order chi connectivity index (χ1) is 6.38. The quantitative estimate of drug-likeness (QED) is 0.538. The minimum absolute atomic E-state index is 0.0752. The van der Waals surface area contributed by atoms with Crippen molar-refractivity contribution in [1.82, 2.24) is 0 Å². The van der Waals surface area contributed by atoms with Crippen molar-refractivity contribution in [1.29, 1.82) is 0 Å². The van der Waals surface area contributed by atoms with Gasteiger partial charge in [0.05, 0.1) is 4.92 Å². The van der Waals surface area contributed by atoms with Crippen molar-refractivity contribution in [2.45, 2.75) is 26.4 Å². The van der Waals surface area contributed by atoms with Crippen molar-refractivity contribution in [2.75, 3.05) is 0 Å². The molecule has 76 valence electrons. The summed E-state index contributed by atoms with van der Waals surface area (Å²) in [5, 5.41) is 10.4. The van der Waals surface area contributed by atoms with E-state index in [1.54, 1.807) is 12.1 Å². The fourth-order valence-electron chi connectivity index (χ4n) is 0.989. The van der Waals surface area contributed by atoms with E-state index in [1.807, 2.05) is 20.8 Å². The van der Waals surface area contributed by atoms with Crippen LogP contribution in [0.4, 0.5) is 5.69 Å². The molecule has 0 unspecified atom stereocenters. The summed E-state index contributed by atoms with van der Waals surface area (Å²) in [6, 6.07) is 6.06. The van der Waals surface area contributed by atoms with Crippen LogP contribution in [0.2, 0.25) is 0 Å². The van der Waals surface area contributed by atoms with Gasteiger partial charge in [-0.15, -0.1) is 0 Å². The summed E-state index contributed by atoms with van der Waals surface area (Å²) >= 11 is 0. The summed E-state index contributed by atoms with van der Waals surface area (Å²) in [6.07, 6.45) is 0. The van der Waals surface area contributed by atoms with Crippen LogP contribution in [-0.4, -0.2) is 10.5 Å². The predicted octanol–water partition coefficient (Wildman–Crippen LogP) is 2.77. The summed E-state index contributed by atoms with van der Waals surface area (Å²) < 4.78 is 5.51. The number of ether oxygens (including phenoxy) is 1. The highest BCUT2D eigenvalue weighted by Gasteiger charge is 2.12. The van der Waals surface area contributed by atoms with Gasteiger partial charge in [-0.05, 0) is 32.9 Å². The van der Waals surface area contributed by atoms with Crippen molar-refractivity contribution in [3.8, 4) is 5.75 Å². The zero-order chi connectivity index (χ0) is 10.8. The second kappa shape index (κ2) is 3.65. The molecular weight excluding hydrogens is 182 g/mol. The van der Waals surface area contributed by atoms with E-state index in [0.29, 0.717) is 5.75 Å². The first-order valence-electron chi connectivity index (χ1n) is 4.32. The Morgan fingerprint density at radius 2 is 1.71 bits per heavy atom. The molecule has 0 radical (unpaired) electrons. The highest BCUT2D eigenvalue weighted by Crippen LogP contribution is 2.21. The first-order valence-corrected chi connectivity index (χ1v) is 4.32. The molecule has 4 heteroatoms.